The molecule has 0 spiro atoms. The molecular weight excluding hydrogens is 448 g/mol. The van der Waals surface area contributed by atoms with E-state index in [0.717, 1.165) is 40.0 Å². The molecule has 2 nitrogen and oxygen atoms in total. The molecule has 4 rings (SSSR count). The molecule has 0 fully saturated rings. The van der Waals surface area contributed by atoms with Crippen molar-refractivity contribution in [2.75, 3.05) is 3.53 Å². The van der Waals surface area contributed by atoms with Gasteiger partial charge in [-0.15, -0.1) is 11.3 Å². The maximum absolute atomic E-state index is 12.9. The Morgan fingerprint density at radius 2 is 1.88 bits per heavy atom. The van der Waals surface area contributed by atoms with Crippen LogP contribution >= 0.6 is 34.2 Å². The number of alkyl halides is 3. The van der Waals surface area contributed by atoms with Gasteiger partial charge in [-0.1, -0.05) is 30.3 Å². The third-order valence-electron chi connectivity index (χ3n) is 4.01. The molecule has 2 aromatic carbocycles. The van der Waals surface area contributed by atoms with Gasteiger partial charge in [0.25, 0.3) is 0 Å². The summed E-state index contributed by atoms with van der Waals surface area (Å²) < 4.78 is 41.7. The van der Waals surface area contributed by atoms with Crippen LogP contribution in [0.1, 0.15) is 16.0 Å². The van der Waals surface area contributed by atoms with E-state index >= 15 is 0 Å². The molecule has 0 amide bonds. The molecule has 24 heavy (non-hydrogen) atoms. The minimum absolute atomic E-state index is 0.574. The maximum Gasteiger partial charge on any atom is 0.416 e. The quantitative estimate of drug-likeness (QED) is 0.288. The van der Waals surface area contributed by atoms with Crippen molar-refractivity contribution in [3.05, 3.63) is 58.5 Å². The van der Waals surface area contributed by atoms with E-state index in [2.05, 4.69) is 31.4 Å². The van der Waals surface area contributed by atoms with Crippen molar-refractivity contribution in [3.63, 3.8) is 0 Å². The molecule has 0 bridgehead atoms. The number of anilines is 1. The van der Waals surface area contributed by atoms with Gasteiger partial charge in [-0.3, -0.25) is 0 Å². The summed E-state index contributed by atoms with van der Waals surface area (Å²) in [6, 6.07) is 11.2. The third-order valence-corrected chi connectivity index (χ3v) is 5.86. The van der Waals surface area contributed by atoms with Crippen LogP contribution < -0.4 is 3.53 Å². The molecule has 122 valence electrons. The van der Waals surface area contributed by atoms with Gasteiger partial charge >= 0.3 is 6.18 Å². The molecule has 0 radical (unpaired) electrons. The van der Waals surface area contributed by atoms with Crippen molar-refractivity contribution in [1.29, 1.82) is 0 Å². The molecule has 0 unspecified atom stereocenters. The van der Waals surface area contributed by atoms with Crippen LogP contribution in [-0.2, 0) is 12.6 Å². The molecule has 1 aliphatic carbocycles. The Labute approximate surface area is 154 Å². The number of aromatic nitrogens is 1. The zero-order chi connectivity index (χ0) is 16.9. The monoisotopic (exact) mass is 458 g/mol. The summed E-state index contributed by atoms with van der Waals surface area (Å²) in [5.74, 6) is 0. The molecular formula is C17H10F3IN2S. The van der Waals surface area contributed by atoms with E-state index in [-0.39, 0.29) is 0 Å². The van der Waals surface area contributed by atoms with Crippen LogP contribution in [0.5, 0.6) is 0 Å². The van der Waals surface area contributed by atoms with Crippen molar-refractivity contribution in [2.45, 2.75) is 12.6 Å². The van der Waals surface area contributed by atoms with E-state index in [1.54, 1.807) is 17.4 Å². The van der Waals surface area contributed by atoms with Crippen molar-refractivity contribution in [2.24, 2.45) is 0 Å². The summed E-state index contributed by atoms with van der Waals surface area (Å²) in [5, 5.41) is 0.869. The third kappa shape index (κ3) is 2.69. The summed E-state index contributed by atoms with van der Waals surface area (Å²) >= 11 is 3.66. The molecule has 1 aliphatic rings. The summed E-state index contributed by atoms with van der Waals surface area (Å²) in [5.41, 5.74) is 3.89. The van der Waals surface area contributed by atoms with Gasteiger partial charge < -0.3 is 3.53 Å². The molecule has 0 saturated heterocycles. The first kappa shape index (κ1) is 15.9. The van der Waals surface area contributed by atoms with Crippen LogP contribution in [0.25, 0.3) is 22.4 Å². The lowest BCUT2D eigenvalue weighted by Crippen LogP contribution is -2.04. The number of hydrogen-bond acceptors (Lipinski definition) is 3. The Hall–Kier alpha value is -1.61. The smallest absolute Gasteiger partial charge is 0.304 e. The van der Waals surface area contributed by atoms with E-state index in [1.165, 1.54) is 17.0 Å². The molecule has 0 aliphatic heterocycles. The Kier molecular flexibility index (Phi) is 3.80. The highest BCUT2D eigenvalue weighted by Gasteiger charge is 2.30. The molecule has 3 aromatic rings. The predicted octanol–water partition coefficient (Wildman–Crippen LogP) is 6.16. The highest BCUT2D eigenvalue weighted by Crippen LogP contribution is 2.43. The Bertz CT molecular complexity index is 934. The average molecular weight is 458 g/mol. The molecule has 1 heterocycles. The second-order valence-corrected chi connectivity index (χ2v) is 7.14. The fourth-order valence-electron chi connectivity index (χ4n) is 2.92. The standard InChI is InChI=1S/C17H10F3IN2S/c18-17(19,20)12-3-1-2-9(7-12)10-4-5-13-11(6-10)8-14-15(13)22-16(23-21)24-14/h1-7H,8H2,(H,22,23). The van der Waals surface area contributed by atoms with Crippen molar-refractivity contribution in [1.82, 2.24) is 4.98 Å². The zero-order valence-corrected chi connectivity index (χ0v) is 15.1. The van der Waals surface area contributed by atoms with Gasteiger partial charge in [0.15, 0.2) is 5.13 Å². The second kappa shape index (κ2) is 5.73. The average Bonchev–Trinajstić information content (AvgIpc) is 3.10. The van der Waals surface area contributed by atoms with E-state index in [1.807, 2.05) is 18.2 Å². The van der Waals surface area contributed by atoms with Gasteiger partial charge in [0.2, 0.25) is 0 Å². The Morgan fingerprint density at radius 3 is 2.62 bits per heavy atom. The molecule has 1 aromatic heterocycles. The van der Waals surface area contributed by atoms with Gasteiger partial charge in [0, 0.05) is 16.9 Å². The largest absolute Gasteiger partial charge is 0.416 e. The minimum Gasteiger partial charge on any atom is -0.304 e. The fraction of sp³-hybridized carbons (Fsp3) is 0.118. The summed E-state index contributed by atoms with van der Waals surface area (Å²) in [4.78, 5) is 5.74. The van der Waals surface area contributed by atoms with Gasteiger partial charge in [0.1, 0.15) is 0 Å². The first-order valence-electron chi connectivity index (χ1n) is 7.13. The van der Waals surface area contributed by atoms with E-state index in [0.29, 0.717) is 5.56 Å². The number of nitrogens with one attached hydrogen (secondary N) is 1. The summed E-state index contributed by atoms with van der Waals surface area (Å²) in [6.07, 6.45) is -3.56. The Balaban J connectivity index is 1.73. The topological polar surface area (TPSA) is 24.9 Å². The normalized spacial score (nSPS) is 12.8. The van der Waals surface area contributed by atoms with Crippen LogP contribution in [0.2, 0.25) is 0 Å². The number of fused-ring (bicyclic) bond motifs is 3. The van der Waals surface area contributed by atoms with Crippen LogP contribution in [0.15, 0.2) is 42.5 Å². The summed E-state index contributed by atoms with van der Waals surface area (Å²) in [6.45, 7) is 0. The number of benzene rings is 2. The maximum atomic E-state index is 12.9. The molecule has 0 atom stereocenters. The van der Waals surface area contributed by atoms with Crippen molar-refractivity contribution >= 4 is 39.3 Å². The molecule has 7 heteroatoms. The fourth-order valence-corrected chi connectivity index (χ4v) is 4.26. The van der Waals surface area contributed by atoms with Crippen LogP contribution in [0.4, 0.5) is 18.3 Å². The second-order valence-electron chi connectivity index (χ2n) is 5.51. The summed E-state index contributed by atoms with van der Waals surface area (Å²) in [7, 11) is 0. The zero-order valence-electron chi connectivity index (χ0n) is 12.1. The van der Waals surface area contributed by atoms with E-state index < -0.39 is 11.7 Å². The van der Waals surface area contributed by atoms with Gasteiger partial charge in [-0.05, 0) is 28.8 Å². The van der Waals surface area contributed by atoms with Crippen molar-refractivity contribution in [3.8, 4) is 22.4 Å². The Morgan fingerprint density at radius 1 is 1.08 bits per heavy atom. The number of rotatable bonds is 2. The van der Waals surface area contributed by atoms with Crippen molar-refractivity contribution < 1.29 is 13.2 Å². The highest BCUT2D eigenvalue weighted by atomic mass is 127. The van der Waals surface area contributed by atoms with E-state index in [4.69, 9.17) is 0 Å². The highest BCUT2D eigenvalue weighted by molar-refractivity contribution is 14.1. The lowest BCUT2D eigenvalue weighted by atomic mass is 9.98. The first-order valence-corrected chi connectivity index (χ1v) is 9.02. The van der Waals surface area contributed by atoms with E-state index in [9.17, 15) is 13.2 Å². The van der Waals surface area contributed by atoms with Crippen LogP contribution in [-0.4, -0.2) is 4.98 Å². The SMILES string of the molecule is FC(F)(F)c1cccc(-c2ccc3c(c2)Cc2sc(NI)nc2-3)c1. The number of nitrogens with zero attached hydrogens (tertiary/aromatic N) is 1. The molecule has 1 N–H and O–H groups in total. The van der Waals surface area contributed by atoms with Crippen LogP contribution in [0, 0.1) is 0 Å². The van der Waals surface area contributed by atoms with Crippen LogP contribution in [0.3, 0.4) is 0 Å². The lowest BCUT2D eigenvalue weighted by molar-refractivity contribution is -0.137. The molecule has 0 saturated carbocycles. The van der Waals surface area contributed by atoms with Gasteiger partial charge in [-0.2, -0.15) is 13.2 Å². The number of thiazole rings is 1. The number of hydrogen-bond donors (Lipinski definition) is 1. The predicted molar refractivity (Wildman–Crippen MR) is 98.4 cm³/mol. The lowest BCUT2D eigenvalue weighted by Gasteiger charge is -2.10. The first-order chi connectivity index (χ1) is 11.5. The minimum atomic E-state index is -4.33. The van der Waals surface area contributed by atoms with Gasteiger partial charge in [0.05, 0.1) is 34.1 Å². The van der Waals surface area contributed by atoms with Gasteiger partial charge in [-0.25, -0.2) is 4.98 Å². The number of halogens is 4.